The van der Waals surface area contributed by atoms with E-state index in [1.54, 1.807) is 30.5 Å². The van der Waals surface area contributed by atoms with Crippen LogP contribution in [-0.2, 0) is 16.1 Å². The molecule has 2 aromatic heterocycles. The van der Waals surface area contributed by atoms with Crippen molar-refractivity contribution in [3.63, 3.8) is 0 Å². The van der Waals surface area contributed by atoms with E-state index in [1.165, 1.54) is 11.8 Å². The number of carbonyl (C=O) groups excluding carboxylic acids is 2. The van der Waals surface area contributed by atoms with Crippen molar-refractivity contribution >= 4 is 40.9 Å². The molecule has 8 nitrogen and oxygen atoms in total. The Bertz CT molecular complexity index is 1110. The lowest BCUT2D eigenvalue weighted by Crippen LogP contribution is -2.31. The van der Waals surface area contributed by atoms with Crippen molar-refractivity contribution < 1.29 is 9.59 Å². The van der Waals surface area contributed by atoms with E-state index < -0.39 is 5.25 Å². The second-order valence-corrected chi connectivity index (χ2v) is 9.55. The smallest absolute Gasteiger partial charge is 0.237 e. The van der Waals surface area contributed by atoms with Gasteiger partial charge >= 0.3 is 0 Å². The number of likely N-dealkylation sites (tertiary alicyclic amines) is 1. The topological polar surface area (TPSA) is 93.0 Å². The van der Waals surface area contributed by atoms with Crippen LogP contribution in [0.4, 0.5) is 5.69 Å². The third-order valence-electron chi connectivity index (χ3n) is 5.35. The zero-order valence-electron chi connectivity index (χ0n) is 18.3. The molecule has 1 saturated heterocycles. The molecule has 3 heterocycles. The number of amides is 2. The van der Waals surface area contributed by atoms with Gasteiger partial charge in [0.25, 0.3) is 0 Å². The summed E-state index contributed by atoms with van der Waals surface area (Å²) in [7, 11) is 0. The predicted molar refractivity (Wildman–Crippen MR) is 128 cm³/mol. The first kappa shape index (κ1) is 23.3. The Hall–Kier alpha value is -2.91. The Morgan fingerprint density at radius 2 is 1.97 bits per heavy atom. The number of hydrogen-bond acceptors (Lipinski definition) is 6. The van der Waals surface area contributed by atoms with Crippen molar-refractivity contribution in [1.82, 2.24) is 24.6 Å². The predicted octanol–water partition coefficient (Wildman–Crippen LogP) is 4.34. The van der Waals surface area contributed by atoms with E-state index in [-0.39, 0.29) is 11.8 Å². The van der Waals surface area contributed by atoms with Gasteiger partial charge in [-0.25, -0.2) is 4.98 Å². The minimum atomic E-state index is -0.444. The van der Waals surface area contributed by atoms with Crippen molar-refractivity contribution in [2.75, 3.05) is 11.9 Å². The van der Waals surface area contributed by atoms with Crippen molar-refractivity contribution in [2.24, 2.45) is 0 Å². The van der Waals surface area contributed by atoms with Crippen molar-refractivity contribution in [3.05, 3.63) is 59.5 Å². The Morgan fingerprint density at radius 3 is 2.73 bits per heavy atom. The first-order valence-corrected chi connectivity index (χ1v) is 12.1. The van der Waals surface area contributed by atoms with Crippen LogP contribution in [-0.4, -0.2) is 48.3 Å². The molecule has 33 heavy (non-hydrogen) atoms. The summed E-state index contributed by atoms with van der Waals surface area (Å²) in [5, 5.41) is 12.3. The molecule has 0 radical (unpaired) electrons. The van der Waals surface area contributed by atoms with Crippen LogP contribution in [0.25, 0.3) is 5.82 Å². The Labute approximate surface area is 201 Å². The molecule has 1 aliphatic rings. The summed E-state index contributed by atoms with van der Waals surface area (Å²) < 4.78 is 1.83. The van der Waals surface area contributed by atoms with Gasteiger partial charge < -0.3 is 10.2 Å². The molecule has 172 valence electrons. The molecule has 0 bridgehead atoms. The van der Waals surface area contributed by atoms with Gasteiger partial charge in [-0.05, 0) is 56.2 Å². The fraction of sp³-hybridized carbons (Fsp3) is 0.348. The number of nitrogens with one attached hydrogen (secondary N) is 1. The molecule has 1 aromatic carbocycles. The fourth-order valence-electron chi connectivity index (χ4n) is 3.56. The fourth-order valence-corrected chi connectivity index (χ4v) is 4.56. The van der Waals surface area contributed by atoms with Gasteiger partial charge in [-0.15, -0.1) is 10.2 Å². The highest BCUT2D eigenvalue weighted by atomic mass is 35.5. The number of nitrogens with zero attached hydrogens (tertiary/aromatic N) is 5. The largest absolute Gasteiger partial charge is 0.335 e. The molecule has 3 aromatic rings. The average Bonchev–Trinajstić information content (AvgIpc) is 3.09. The van der Waals surface area contributed by atoms with Gasteiger partial charge in [-0.3, -0.25) is 14.2 Å². The average molecular weight is 485 g/mol. The Balaban J connectivity index is 1.55. The van der Waals surface area contributed by atoms with Gasteiger partial charge in [-0.2, -0.15) is 0 Å². The van der Waals surface area contributed by atoms with E-state index in [4.69, 9.17) is 11.6 Å². The summed E-state index contributed by atoms with van der Waals surface area (Å²) >= 11 is 7.21. The van der Waals surface area contributed by atoms with Crippen molar-refractivity contribution in [3.8, 4) is 5.82 Å². The highest BCUT2D eigenvalue weighted by Gasteiger charge is 2.25. The lowest BCUT2D eigenvalue weighted by atomic mass is 10.2. The second-order valence-electron chi connectivity index (χ2n) is 7.80. The van der Waals surface area contributed by atoms with E-state index >= 15 is 0 Å². The lowest BCUT2D eigenvalue weighted by Gasteiger charge is -2.20. The van der Waals surface area contributed by atoms with Gasteiger partial charge in [0.05, 0.1) is 11.8 Å². The molecular weight excluding hydrogens is 460 g/mol. The molecule has 4 rings (SSSR count). The number of halogens is 1. The third kappa shape index (κ3) is 5.91. The van der Waals surface area contributed by atoms with Crippen LogP contribution in [0, 0.1) is 0 Å². The SMILES string of the molecule is C[C@H](Sc1nnc(CN2CCCCCC2=O)n1-c1ccccn1)C(=O)Nc1ccc(Cl)cc1. The first-order valence-electron chi connectivity index (χ1n) is 10.9. The molecule has 0 saturated carbocycles. The number of pyridine rings is 1. The summed E-state index contributed by atoms with van der Waals surface area (Å²) in [6.45, 7) is 2.87. The van der Waals surface area contributed by atoms with E-state index in [2.05, 4.69) is 20.5 Å². The molecule has 0 aliphatic carbocycles. The van der Waals surface area contributed by atoms with Gasteiger partial charge in [-0.1, -0.05) is 35.9 Å². The van der Waals surface area contributed by atoms with E-state index in [1.807, 2.05) is 34.6 Å². The van der Waals surface area contributed by atoms with Crippen LogP contribution in [0.2, 0.25) is 5.02 Å². The lowest BCUT2D eigenvalue weighted by molar-refractivity contribution is -0.131. The minimum absolute atomic E-state index is 0.132. The Morgan fingerprint density at radius 1 is 1.15 bits per heavy atom. The van der Waals surface area contributed by atoms with Crippen LogP contribution in [0.1, 0.15) is 38.4 Å². The van der Waals surface area contributed by atoms with Crippen LogP contribution < -0.4 is 5.32 Å². The first-order chi connectivity index (χ1) is 16.0. The van der Waals surface area contributed by atoms with E-state index in [0.29, 0.717) is 47.0 Å². The number of carbonyl (C=O) groups is 2. The maximum absolute atomic E-state index is 12.8. The zero-order valence-corrected chi connectivity index (χ0v) is 19.8. The number of aromatic nitrogens is 4. The maximum Gasteiger partial charge on any atom is 0.237 e. The van der Waals surface area contributed by atoms with Crippen LogP contribution in [0.3, 0.4) is 0 Å². The minimum Gasteiger partial charge on any atom is -0.335 e. The highest BCUT2D eigenvalue weighted by molar-refractivity contribution is 8.00. The summed E-state index contributed by atoms with van der Waals surface area (Å²) in [5.74, 6) is 1.24. The quantitative estimate of drug-likeness (QED) is 0.501. The van der Waals surface area contributed by atoms with Crippen LogP contribution in [0.15, 0.2) is 53.8 Å². The van der Waals surface area contributed by atoms with E-state index in [9.17, 15) is 9.59 Å². The molecule has 0 unspecified atom stereocenters. The number of benzene rings is 1. The van der Waals surface area contributed by atoms with E-state index in [0.717, 1.165) is 19.3 Å². The molecule has 1 fully saturated rings. The molecule has 1 atom stereocenters. The Kier molecular flexibility index (Phi) is 7.61. The molecule has 10 heteroatoms. The van der Waals surface area contributed by atoms with Gasteiger partial charge in [0.2, 0.25) is 11.8 Å². The van der Waals surface area contributed by atoms with Crippen molar-refractivity contribution in [2.45, 2.75) is 49.6 Å². The normalized spacial score (nSPS) is 15.2. The van der Waals surface area contributed by atoms with Gasteiger partial charge in [0, 0.05) is 29.9 Å². The molecule has 1 N–H and O–H groups in total. The third-order valence-corrected chi connectivity index (χ3v) is 6.64. The number of anilines is 1. The standard InChI is InChI=1S/C23H25ClN6O2S/c1-16(22(32)26-18-11-9-17(24)10-12-18)33-23-28-27-20(30(23)19-7-4-5-13-25-19)15-29-14-6-2-3-8-21(29)31/h4-5,7,9-13,16H,2-3,6,8,14-15H2,1H3,(H,26,32)/t16-/m0/s1. The summed E-state index contributed by atoms with van der Waals surface area (Å²) in [5.41, 5.74) is 0.670. The van der Waals surface area contributed by atoms with Gasteiger partial charge in [0.1, 0.15) is 5.82 Å². The highest BCUT2D eigenvalue weighted by Crippen LogP contribution is 2.27. The molecular formula is C23H25ClN6O2S. The van der Waals surface area contributed by atoms with Gasteiger partial charge in [0.15, 0.2) is 11.0 Å². The summed E-state index contributed by atoms with van der Waals surface area (Å²) in [6, 6.07) is 12.5. The molecule has 2 amide bonds. The van der Waals surface area contributed by atoms with Crippen LogP contribution >= 0.6 is 23.4 Å². The summed E-state index contributed by atoms with van der Waals surface area (Å²) in [4.78, 5) is 31.6. The molecule has 0 spiro atoms. The number of thioether (sulfide) groups is 1. The maximum atomic E-state index is 12.8. The zero-order chi connectivity index (χ0) is 23.2. The monoisotopic (exact) mass is 484 g/mol. The summed E-state index contributed by atoms with van der Waals surface area (Å²) in [6.07, 6.45) is 5.20. The van der Waals surface area contributed by atoms with Crippen molar-refractivity contribution in [1.29, 1.82) is 0 Å². The van der Waals surface area contributed by atoms with Crippen LogP contribution in [0.5, 0.6) is 0 Å². The second kappa shape index (κ2) is 10.8. The molecule has 1 aliphatic heterocycles. The number of rotatable bonds is 7. The number of hydrogen-bond donors (Lipinski definition) is 1.